The number of imide groups is 1. The van der Waals surface area contributed by atoms with E-state index in [9.17, 15) is 22.8 Å². The number of benzene rings is 3. The summed E-state index contributed by atoms with van der Waals surface area (Å²) in [7, 11) is -2.87. The molecule has 1 saturated heterocycles. The van der Waals surface area contributed by atoms with Gasteiger partial charge < -0.3 is 4.74 Å². The molecule has 1 aliphatic heterocycles. The molecule has 3 aromatic rings. The Labute approximate surface area is 210 Å². The van der Waals surface area contributed by atoms with Crippen molar-refractivity contribution in [3.63, 3.8) is 0 Å². The summed E-state index contributed by atoms with van der Waals surface area (Å²) in [4.78, 5) is 39.2. The van der Waals surface area contributed by atoms with Gasteiger partial charge in [-0.05, 0) is 55.8 Å². The van der Waals surface area contributed by atoms with Gasteiger partial charge in [-0.3, -0.25) is 9.59 Å². The molecule has 0 radical (unpaired) electrons. The van der Waals surface area contributed by atoms with Crippen LogP contribution in [-0.2, 0) is 30.9 Å². The SMILES string of the molecule is COC(=O)c1ccc(N2C(=O)CC(N(Cc3ccc(C)cc3)S(=O)(=O)c3ccc(C)cc3)C2=O)cc1. The van der Waals surface area contributed by atoms with Crippen LogP contribution >= 0.6 is 0 Å². The number of anilines is 1. The number of esters is 1. The Morgan fingerprint density at radius 2 is 1.47 bits per heavy atom. The molecule has 0 N–H and O–H groups in total. The lowest BCUT2D eigenvalue weighted by molar-refractivity contribution is -0.122. The fraction of sp³-hybridized carbons (Fsp3) is 0.222. The van der Waals surface area contributed by atoms with Crippen molar-refractivity contribution in [2.24, 2.45) is 0 Å². The zero-order chi connectivity index (χ0) is 26.0. The molecule has 1 heterocycles. The predicted octanol–water partition coefficient (Wildman–Crippen LogP) is 3.61. The number of hydrogen-bond acceptors (Lipinski definition) is 6. The maximum absolute atomic E-state index is 13.7. The number of amides is 2. The lowest BCUT2D eigenvalue weighted by Gasteiger charge is -2.27. The quantitative estimate of drug-likeness (QED) is 0.358. The number of nitrogens with zero attached hydrogens (tertiary/aromatic N) is 2. The predicted molar refractivity (Wildman–Crippen MR) is 134 cm³/mol. The van der Waals surface area contributed by atoms with Gasteiger partial charge in [0, 0.05) is 6.54 Å². The molecule has 0 aliphatic carbocycles. The van der Waals surface area contributed by atoms with Gasteiger partial charge in [0.25, 0.3) is 5.91 Å². The van der Waals surface area contributed by atoms with Gasteiger partial charge in [0.15, 0.2) is 0 Å². The standard InChI is InChI=1S/C27H26N2O6S/c1-18-4-8-20(9-5-18)17-28(36(33,34)23-14-6-19(2)7-15-23)24-16-25(30)29(26(24)31)22-12-10-21(11-13-22)27(32)35-3/h4-15,24H,16-17H2,1-3H3. The van der Waals surface area contributed by atoms with E-state index >= 15 is 0 Å². The average Bonchev–Trinajstić information content (AvgIpc) is 3.16. The largest absolute Gasteiger partial charge is 0.465 e. The van der Waals surface area contributed by atoms with Crippen LogP contribution in [0.5, 0.6) is 0 Å². The monoisotopic (exact) mass is 506 g/mol. The minimum Gasteiger partial charge on any atom is -0.465 e. The number of carbonyl (C=O) groups excluding carboxylic acids is 3. The van der Waals surface area contributed by atoms with Gasteiger partial charge in [-0.1, -0.05) is 47.5 Å². The Bertz CT molecular complexity index is 1400. The Balaban J connectivity index is 1.71. The molecule has 0 saturated carbocycles. The van der Waals surface area contributed by atoms with Gasteiger partial charge in [0.2, 0.25) is 15.9 Å². The Hall–Kier alpha value is -3.82. The van der Waals surface area contributed by atoms with Crippen LogP contribution in [0.1, 0.15) is 33.5 Å². The normalized spacial score (nSPS) is 16.0. The molecular weight excluding hydrogens is 480 g/mol. The second-order valence-electron chi connectivity index (χ2n) is 8.67. The van der Waals surface area contributed by atoms with Gasteiger partial charge in [0.1, 0.15) is 6.04 Å². The highest BCUT2D eigenvalue weighted by Gasteiger charge is 2.47. The van der Waals surface area contributed by atoms with Crippen LogP contribution in [0.25, 0.3) is 0 Å². The van der Waals surface area contributed by atoms with E-state index in [1.54, 1.807) is 24.3 Å². The summed E-state index contributed by atoms with van der Waals surface area (Å²) in [6.07, 6.45) is -0.297. The first-order valence-electron chi connectivity index (χ1n) is 11.3. The van der Waals surface area contributed by atoms with Gasteiger partial charge >= 0.3 is 5.97 Å². The average molecular weight is 507 g/mol. The molecule has 1 atom stereocenters. The van der Waals surface area contributed by atoms with Gasteiger partial charge in [-0.2, -0.15) is 4.31 Å². The summed E-state index contributed by atoms with van der Waals surface area (Å²) < 4.78 is 33.3. The van der Waals surface area contributed by atoms with Crippen molar-refractivity contribution in [1.82, 2.24) is 4.31 Å². The maximum Gasteiger partial charge on any atom is 0.337 e. The Morgan fingerprint density at radius 3 is 2.03 bits per heavy atom. The van der Waals surface area contributed by atoms with Crippen molar-refractivity contribution in [2.75, 3.05) is 12.0 Å². The van der Waals surface area contributed by atoms with E-state index in [2.05, 4.69) is 4.74 Å². The number of ether oxygens (including phenoxy) is 1. The molecule has 0 bridgehead atoms. The maximum atomic E-state index is 13.7. The Morgan fingerprint density at radius 1 is 0.917 bits per heavy atom. The molecule has 3 aromatic carbocycles. The van der Waals surface area contributed by atoms with Gasteiger partial charge in [0.05, 0.1) is 29.7 Å². The van der Waals surface area contributed by atoms with Crippen LogP contribution in [0.3, 0.4) is 0 Å². The summed E-state index contributed by atoms with van der Waals surface area (Å²) >= 11 is 0. The Kier molecular flexibility index (Phi) is 7.05. The van der Waals surface area contributed by atoms with Crippen molar-refractivity contribution >= 4 is 33.5 Å². The third kappa shape index (κ3) is 4.93. The first-order chi connectivity index (χ1) is 17.1. The van der Waals surface area contributed by atoms with Crippen LogP contribution in [0.2, 0.25) is 0 Å². The number of carbonyl (C=O) groups is 3. The highest BCUT2D eigenvalue weighted by Crippen LogP contribution is 2.31. The molecule has 2 amide bonds. The van der Waals surface area contributed by atoms with E-state index in [-0.39, 0.29) is 29.1 Å². The fourth-order valence-corrected chi connectivity index (χ4v) is 5.63. The van der Waals surface area contributed by atoms with E-state index in [0.29, 0.717) is 5.56 Å². The molecule has 1 aliphatic rings. The van der Waals surface area contributed by atoms with Crippen LogP contribution in [0.15, 0.2) is 77.7 Å². The molecule has 8 nitrogen and oxygen atoms in total. The van der Waals surface area contributed by atoms with E-state index in [0.717, 1.165) is 20.3 Å². The van der Waals surface area contributed by atoms with Crippen molar-refractivity contribution < 1.29 is 27.5 Å². The summed E-state index contributed by atoms with van der Waals surface area (Å²) in [6, 6.07) is 18.3. The van der Waals surface area contributed by atoms with Crippen LogP contribution in [0.4, 0.5) is 5.69 Å². The molecule has 36 heavy (non-hydrogen) atoms. The summed E-state index contributed by atoms with van der Waals surface area (Å²) in [5.74, 6) is -1.72. The first-order valence-corrected chi connectivity index (χ1v) is 12.7. The minimum absolute atomic E-state index is 0.0429. The summed E-state index contributed by atoms with van der Waals surface area (Å²) in [5.41, 5.74) is 3.12. The zero-order valence-corrected chi connectivity index (χ0v) is 21.0. The van der Waals surface area contributed by atoms with Gasteiger partial charge in [-0.25, -0.2) is 18.1 Å². The first kappa shape index (κ1) is 25.3. The van der Waals surface area contributed by atoms with E-state index < -0.39 is 33.8 Å². The lowest BCUT2D eigenvalue weighted by atomic mass is 10.1. The number of hydrogen-bond donors (Lipinski definition) is 0. The molecule has 9 heteroatoms. The van der Waals surface area contributed by atoms with E-state index in [4.69, 9.17) is 0 Å². The third-order valence-corrected chi connectivity index (χ3v) is 7.97. The molecule has 4 rings (SSSR count). The molecule has 186 valence electrons. The number of rotatable bonds is 7. The van der Waals surface area contributed by atoms with Gasteiger partial charge in [-0.15, -0.1) is 0 Å². The lowest BCUT2D eigenvalue weighted by Crippen LogP contribution is -2.45. The summed E-state index contributed by atoms with van der Waals surface area (Å²) in [5, 5.41) is 0. The number of methoxy groups -OCH3 is 1. The van der Waals surface area contributed by atoms with Crippen LogP contribution in [0, 0.1) is 13.8 Å². The number of aryl methyl sites for hydroxylation is 2. The molecule has 1 fully saturated rings. The van der Waals surface area contributed by atoms with Crippen LogP contribution in [-0.4, -0.2) is 43.7 Å². The third-order valence-electron chi connectivity index (χ3n) is 6.10. The second kappa shape index (κ2) is 10.0. The van der Waals surface area contributed by atoms with E-state index in [1.807, 2.05) is 26.0 Å². The second-order valence-corrected chi connectivity index (χ2v) is 10.6. The van der Waals surface area contributed by atoms with Crippen molar-refractivity contribution in [3.05, 3.63) is 95.1 Å². The molecule has 1 unspecified atom stereocenters. The summed E-state index contributed by atoms with van der Waals surface area (Å²) in [6.45, 7) is 3.70. The molecular formula is C27H26N2O6S. The fourth-order valence-electron chi connectivity index (χ4n) is 4.06. The minimum atomic E-state index is -4.12. The van der Waals surface area contributed by atoms with Crippen molar-refractivity contribution in [1.29, 1.82) is 0 Å². The smallest absolute Gasteiger partial charge is 0.337 e. The van der Waals surface area contributed by atoms with Crippen molar-refractivity contribution in [3.8, 4) is 0 Å². The highest BCUT2D eigenvalue weighted by molar-refractivity contribution is 7.89. The van der Waals surface area contributed by atoms with E-state index in [1.165, 1.54) is 43.5 Å². The number of sulfonamides is 1. The highest BCUT2D eigenvalue weighted by atomic mass is 32.2. The zero-order valence-electron chi connectivity index (χ0n) is 20.2. The molecule has 0 aromatic heterocycles. The molecule has 0 spiro atoms. The van der Waals surface area contributed by atoms with Crippen LogP contribution < -0.4 is 4.90 Å². The van der Waals surface area contributed by atoms with Crippen molar-refractivity contribution in [2.45, 2.75) is 37.8 Å². The topological polar surface area (TPSA) is 101 Å².